The summed E-state index contributed by atoms with van der Waals surface area (Å²) in [5.41, 5.74) is 0.225. The maximum atomic E-state index is 6.16. The summed E-state index contributed by atoms with van der Waals surface area (Å²) in [5.74, 6) is 0. The first kappa shape index (κ1) is 11.0. The molecule has 1 unspecified atom stereocenters. The van der Waals surface area contributed by atoms with Crippen molar-refractivity contribution in [1.82, 2.24) is 5.32 Å². The van der Waals surface area contributed by atoms with E-state index in [4.69, 9.17) is 9.47 Å². The maximum absolute atomic E-state index is 6.16. The molecule has 16 heavy (non-hydrogen) atoms. The molecule has 92 valence electrons. The number of ether oxygens (including phenoxy) is 2. The van der Waals surface area contributed by atoms with Crippen LogP contribution in [0.25, 0.3) is 0 Å². The van der Waals surface area contributed by atoms with Gasteiger partial charge in [0.25, 0.3) is 0 Å². The van der Waals surface area contributed by atoms with Crippen molar-refractivity contribution in [2.45, 2.75) is 57.3 Å². The highest BCUT2D eigenvalue weighted by molar-refractivity contribution is 4.99. The molecule has 0 aromatic rings. The summed E-state index contributed by atoms with van der Waals surface area (Å²) in [6.45, 7) is 7.04. The summed E-state index contributed by atoms with van der Waals surface area (Å²) in [6.07, 6.45) is 6.39. The van der Waals surface area contributed by atoms with E-state index in [0.29, 0.717) is 12.0 Å². The van der Waals surface area contributed by atoms with E-state index in [-0.39, 0.29) is 11.3 Å². The van der Waals surface area contributed by atoms with E-state index in [2.05, 4.69) is 19.2 Å². The van der Waals surface area contributed by atoms with Crippen molar-refractivity contribution in [1.29, 1.82) is 0 Å². The van der Waals surface area contributed by atoms with E-state index in [9.17, 15) is 0 Å². The first-order valence-electron chi connectivity index (χ1n) is 6.56. The average Bonchev–Trinajstić information content (AvgIpc) is 2.79. The molecule has 0 aromatic carbocycles. The van der Waals surface area contributed by atoms with E-state index in [1.165, 1.54) is 25.7 Å². The summed E-state index contributed by atoms with van der Waals surface area (Å²) in [5, 5.41) is 3.64. The largest absolute Gasteiger partial charge is 0.371 e. The SMILES string of the molecule is CC1(C)CC2(CO1)NCC1(CCCC1)CO2. The van der Waals surface area contributed by atoms with Gasteiger partial charge in [-0.3, -0.25) is 5.32 Å². The minimum Gasteiger partial charge on any atom is -0.371 e. The van der Waals surface area contributed by atoms with Crippen molar-refractivity contribution >= 4 is 0 Å². The predicted molar refractivity (Wildman–Crippen MR) is 62.2 cm³/mol. The van der Waals surface area contributed by atoms with Crippen molar-refractivity contribution in [3.63, 3.8) is 0 Å². The molecular formula is C13H23NO2. The molecule has 1 atom stereocenters. The Balaban J connectivity index is 1.66. The maximum Gasteiger partial charge on any atom is 0.145 e. The number of hydrogen-bond donors (Lipinski definition) is 1. The number of nitrogens with one attached hydrogen (secondary N) is 1. The van der Waals surface area contributed by atoms with Gasteiger partial charge in [-0.15, -0.1) is 0 Å². The Kier molecular flexibility index (Phi) is 2.36. The molecule has 1 aliphatic carbocycles. The molecule has 1 saturated carbocycles. The quantitative estimate of drug-likeness (QED) is 0.684. The van der Waals surface area contributed by atoms with Crippen LogP contribution in [0.1, 0.15) is 46.0 Å². The van der Waals surface area contributed by atoms with Crippen LogP contribution >= 0.6 is 0 Å². The minimum atomic E-state index is -0.183. The van der Waals surface area contributed by atoms with Crippen molar-refractivity contribution < 1.29 is 9.47 Å². The highest BCUT2D eigenvalue weighted by Gasteiger charge is 2.51. The zero-order valence-electron chi connectivity index (χ0n) is 10.5. The molecule has 0 aromatic heterocycles. The molecule has 0 bridgehead atoms. The lowest BCUT2D eigenvalue weighted by molar-refractivity contribution is -0.143. The van der Waals surface area contributed by atoms with Crippen LogP contribution in [0.5, 0.6) is 0 Å². The van der Waals surface area contributed by atoms with Gasteiger partial charge in [0.15, 0.2) is 0 Å². The van der Waals surface area contributed by atoms with Gasteiger partial charge in [0.05, 0.1) is 18.8 Å². The zero-order chi connectivity index (χ0) is 11.3. The second-order valence-electron chi connectivity index (χ2n) is 6.57. The van der Waals surface area contributed by atoms with Crippen LogP contribution in [0.15, 0.2) is 0 Å². The monoisotopic (exact) mass is 225 g/mol. The van der Waals surface area contributed by atoms with Gasteiger partial charge in [-0.25, -0.2) is 0 Å². The van der Waals surface area contributed by atoms with Gasteiger partial charge >= 0.3 is 0 Å². The Bertz CT molecular complexity index is 272. The average molecular weight is 225 g/mol. The summed E-state index contributed by atoms with van der Waals surface area (Å²) >= 11 is 0. The first-order chi connectivity index (χ1) is 7.54. The lowest BCUT2D eigenvalue weighted by Gasteiger charge is -2.43. The topological polar surface area (TPSA) is 30.5 Å². The molecule has 2 spiro atoms. The molecule has 3 fully saturated rings. The molecule has 3 nitrogen and oxygen atoms in total. The van der Waals surface area contributed by atoms with Crippen molar-refractivity contribution in [2.75, 3.05) is 19.8 Å². The van der Waals surface area contributed by atoms with Gasteiger partial charge in [-0.05, 0) is 26.7 Å². The van der Waals surface area contributed by atoms with Gasteiger partial charge in [-0.1, -0.05) is 12.8 Å². The normalized spacial score (nSPS) is 40.9. The summed E-state index contributed by atoms with van der Waals surface area (Å²) in [6, 6.07) is 0. The van der Waals surface area contributed by atoms with Crippen LogP contribution < -0.4 is 5.32 Å². The second-order valence-corrected chi connectivity index (χ2v) is 6.57. The van der Waals surface area contributed by atoms with E-state index in [1.54, 1.807) is 0 Å². The Labute approximate surface area is 97.9 Å². The van der Waals surface area contributed by atoms with Crippen molar-refractivity contribution in [3.05, 3.63) is 0 Å². The Morgan fingerprint density at radius 3 is 2.25 bits per heavy atom. The summed E-state index contributed by atoms with van der Waals surface area (Å²) in [7, 11) is 0. The zero-order valence-corrected chi connectivity index (χ0v) is 10.5. The van der Waals surface area contributed by atoms with Gasteiger partial charge in [-0.2, -0.15) is 0 Å². The molecule has 2 saturated heterocycles. The Morgan fingerprint density at radius 2 is 1.75 bits per heavy atom. The fourth-order valence-electron chi connectivity index (χ4n) is 3.50. The van der Waals surface area contributed by atoms with Crippen LogP contribution in [0.3, 0.4) is 0 Å². The lowest BCUT2D eigenvalue weighted by Crippen LogP contribution is -2.59. The van der Waals surface area contributed by atoms with Gasteiger partial charge in [0.2, 0.25) is 0 Å². The van der Waals surface area contributed by atoms with Gasteiger partial charge < -0.3 is 9.47 Å². The van der Waals surface area contributed by atoms with Crippen LogP contribution in [0.2, 0.25) is 0 Å². The van der Waals surface area contributed by atoms with E-state index >= 15 is 0 Å². The second kappa shape index (κ2) is 3.44. The molecule has 0 amide bonds. The van der Waals surface area contributed by atoms with Crippen LogP contribution in [0.4, 0.5) is 0 Å². The predicted octanol–water partition coefficient (Wildman–Crippen LogP) is 2.06. The standard InChI is InChI=1S/C13H23NO2/c1-11(2)7-13(10-15-11)14-8-12(9-16-13)5-3-4-6-12/h14H,3-10H2,1-2H3. The highest BCUT2D eigenvalue weighted by atomic mass is 16.6. The highest BCUT2D eigenvalue weighted by Crippen LogP contribution is 2.44. The van der Waals surface area contributed by atoms with E-state index in [1.807, 2.05) is 0 Å². The third kappa shape index (κ3) is 1.79. The molecule has 1 N–H and O–H groups in total. The Hall–Kier alpha value is -0.120. The van der Waals surface area contributed by atoms with E-state index < -0.39 is 0 Å². The van der Waals surface area contributed by atoms with Crippen LogP contribution in [-0.2, 0) is 9.47 Å². The van der Waals surface area contributed by atoms with Crippen molar-refractivity contribution in [2.24, 2.45) is 5.41 Å². The third-order valence-corrected chi connectivity index (χ3v) is 4.51. The van der Waals surface area contributed by atoms with Gasteiger partial charge in [0, 0.05) is 18.4 Å². The van der Waals surface area contributed by atoms with Crippen LogP contribution in [0, 0.1) is 5.41 Å². The minimum absolute atomic E-state index is 0.0345. The summed E-state index contributed by atoms with van der Waals surface area (Å²) in [4.78, 5) is 0. The molecule has 3 rings (SSSR count). The lowest BCUT2D eigenvalue weighted by atomic mass is 9.84. The molecule has 3 aliphatic rings. The number of hydrogen-bond acceptors (Lipinski definition) is 3. The van der Waals surface area contributed by atoms with E-state index in [0.717, 1.165) is 19.6 Å². The fourth-order valence-corrected chi connectivity index (χ4v) is 3.50. The molecule has 2 aliphatic heterocycles. The fraction of sp³-hybridized carbons (Fsp3) is 1.00. The summed E-state index contributed by atoms with van der Waals surface area (Å²) < 4.78 is 12.0. The molecule has 0 radical (unpaired) electrons. The smallest absolute Gasteiger partial charge is 0.145 e. The number of rotatable bonds is 0. The third-order valence-electron chi connectivity index (χ3n) is 4.51. The van der Waals surface area contributed by atoms with Crippen molar-refractivity contribution in [3.8, 4) is 0 Å². The van der Waals surface area contributed by atoms with Gasteiger partial charge in [0.1, 0.15) is 5.72 Å². The first-order valence-corrected chi connectivity index (χ1v) is 6.56. The van der Waals surface area contributed by atoms with Crippen LogP contribution in [-0.4, -0.2) is 31.1 Å². The molecule has 2 heterocycles. The molecule has 3 heteroatoms. The Morgan fingerprint density at radius 1 is 1.00 bits per heavy atom. The molecular weight excluding hydrogens is 202 g/mol.